The molecule has 6 heteroatoms. The maximum absolute atomic E-state index is 12.2. The van der Waals surface area contributed by atoms with E-state index in [0.717, 1.165) is 19.4 Å². The third kappa shape index (κ3) is 6.27. The smallest absolute Gasteiger partial charge is 0.341 e. The first-order valence-electron chi connectivity index (χ1n) is 6.99. The van der Waals surface area contributed by atoms with Gasteiger partial charge in [0.25, 0.3) is 0 Å². The molecular formula is C13H21F3N2O. The largest absolute Gasteiger partial charge is 0.390 e. The van der Waals surface area contributed by atoms with Crippen molar-refractivity contribution < 1.29 is 18.0 Å². The Morgan fingerprint density at radius 2 is 1.79 bits per heavy atom. The zero-order valence-electron chi connectivity index (χ0n) is 11.0. The summed E-state index contributed by atoms with van der Waals surface area (Å²) in [5.74, 6) is 0.886. The van der Waals surface area contributed by atoms with E-state index in [4.69, 9.17) is 0 Å². The molecule has 0 aromatic rings. The third-order valence-electron chi connectivity index (χ3n) is 3.60. The molecule has 1 N–H and O–H groups in total. The second kappa shape index (κ2) is 6.11. The number of halogens is 3. The molecule has 0 aromatic heterocycles. The number of hydrogen-bond donors (Lipinski definition) is 1. The van der Waals surface area contributed by atoms with E-state index in [1.807, 2.05) is 0 Å². The third-order valence-corrected chi connectivity index (χ3v) is 3.60. The van der Waals surface area contributed by atoms with E-state index in [1.165, 1.54) is 17.7 Å². The SMILES string of the molecule is O=C(CNCC1CC1)N(CCC(F)(F)F)CC1CC1. The van der Waals surface area contributed by atoms with Crippen molar-refractivity contribution in [1.29, 1.82) is 0 Å². The van der Waals surface area contributed by atoms with Gasteiger partial charge in [0, 0.05) is 13.1 Å². The van der Waals surface area contributed by atoms with E-state index < -0.39 is 12.6 Å². The highest BCUT2D eigenvalue weighted by Gasteiger charge is 2.32. The van der Waals surface area contributed by atoms with E-state index in [9.17, 15) is 18.0 Å². The summed E-state index contributed by atoms with van der Waals surface area (Å²) < 4.78 is 36.7. The fourth-order valence-corrected chi connectivity index (χ4v) is 2.01. The quantitative estimate of drug-likeness (QED) is 0.738. The molecule has 0 atom stereocenters. The summed E-state index contributed by atoms with van der Waals surface area (Å²) in [6, 6.07) is 0. The van der Waals surface area contributed by atoms with Crippen molar-refractivity contribution >= 4 is 5.91 Å². The standard InChI is InChI=1S/C13H21F3N2O/c14-13(15,16)5-6-18(9-11-3-4-11)12(19)8-17-7-10-1-2-10/h10-11,17H,1-9H2. The highest BCUT2D eigenvalue weighted by molar-refractivity contribution is 5.78. The molecule has 0 bridgehead atoms. The molecule has 19 heavy (non-hydrogen) atoms. The van der Waals surface area contributed by atoms with Crippen LogP contribution >= 0.6 is 0 Å². The number of carbonyl (C=O) groups excluding carboxylic acids is 1. The molecule has 0 saturated heterocycles. The number of hydrogen-bond acceptors (Lipinski definition) is 2. The Balaban J connectivity index is 1.71. The molecule has 0 radical (unpaired) electrons. The summed E-state index contributed by atoms with van der Waals surface area (Å²) in [6.07, 6.45) is -0.643. The van der Waals surface area contributed by atoms with Gasteiger partial charge in [-0.1, -0.05) is 0 Å². The van der Waals surface area contributed by atoms with E-state index in [-0.39, 0.29) is 19.0 Å². The minimum absolute atomic E-state index is 0.168. The van der Waals surface area contributed by atoms with Crippen LogP contribution in [0.5, 0.6) is 0 Å². The Labute approximate surface area is 111 Å². The summed E-state index contributed by atoms with van der Waals surface area (Å²) in [5.41, 5.74) is 0. The fraction of sp³-hybridized carbons (Fsp3) is 0.923. The Bertz CT molecular complexity index is 312. The summed E-state index contributed by atoms with van der Waals surface area (Å²) in [7, 11) is 0. The van der Waals surface area contributed by atoms with Crippen LogP contribution in [0.25, 0.3) is 0 Å². The van der Waals surface area contributed by atoms with Crippen molar-refractivity contribution in [3.63, 3.8) is 0 Å². The van der Waals surface area contributed by atoms with Gasteiger partial charge in [0.15, 0.2) is 0 Å². The molecule has 0 spiro atoms. The first-order valence-corrected chi connectivity index (χ1v) is 6.99. The van der Waals surface area contributed by atoms with E-state index in [2.05, 4.69) is 5.32 Å². The van der Waals surface area contributed by atoms with Gasteiger partial charge in [0.2, 0.25) is 5.91 Å². The number of nitrogens with one attached hydrogen (secondary N) is 1. The highest BCUT2D eigenvalue weighted by Crippen LogP contribution is 2.30. The van der Waals surface area contributed by atoms with E-state index >= 15 is 0 Å². The van der Waals surface area contributed by atoms with Gasteiger partial charge < -0.3 is 10.2 Å². The molecule has 2 aliphatic rings. The van der Waals surface area contributed by atoms with Gasteiger partial charge in [-0.15, -0.1) is 0 Å². The predicted octanol–water partition coefficient (Wildman–Crippen LogP) is 2.18. The van der Waals surface area contributed by atoms with Crippen molar-refractivity contribution in [1.82, 2.24) is 10.2 Å². The monoisotopic (exact) mass is 278 g/mol. The van der Waals surface area contributed by atoms with Crippen LogP contribution in [0.3, 0.4) is 0 Å². The molecule has 1 amide bonds. The predicted molar refractivity (Wildman–Crippen MR) is 65.6 cm³/mol. The van der Waals surface area contributed by atoms with Crippen LogP contribution in [-0.4, -0.2) is 43.2 Å². The lowest BCUT2D eigenvalue weighted by Crippen LogP contribution is -2.41. The molecule has 0 aromatic carbocycles. The lowest BCUT2D eigenvalue weighted by molar-refractivity contribution is -0.145. The number of carbonyl (C=O) groups is 1. The minimum Gasteiger partial charge on any atom is -0.341 e. The van der Waals surface area contributed by atoms with Crippen LogP contribution < -0.4 is 5.32 Å². The van der Waals surface area contributed by atoms with Crippen LogP contribution in [0, 0.1) is 11.8 Å². The molecule has 110 valence electrons. The Morgan fingerprint density at radius 3 is 2.32 bits per heavy atom. The molecule has 0 heterocycles. The van der Waals surface area contributed by atoms with Crippen molar-refractivity contribution in [3.8, 4) is 0 Å². The van der Waals surface area contributed by atoms with Crippen LogP contribution in [-0.2, 0) is 4.79 Å². The Hall–Kier alpha value is -0.780. The molecular weight excluding hydrogens is 257 g/mol. The second-order valence-electron chi connectivity index (χ2n) is 5.72. The molecule has 2 rings (SSSR count). The highest BCUT2D eigenvalue weighted by atomic mass is 19.4. The van der Waals surface area contributed by atoms with E-state index in [0.29, 0.717) is 18.4 Å². The number of amides is 1. The number of alkyl halides is 3. The average Bonchev–Trinajstić information content (AvgIpc) is 3.17. The molecule has 0 aliphatic heterocycles. The molecule has 2 saturated carbocycles. The second-order valence-corrected chi connectivity index (χ2v) is 5.72. The zero-order chi connectivity index (χ0) is 13.9. The normalized spacial score (nSPS) is 19.5. The Kier molecular flexibility index (Phi) is 4.71. The zero-order valence-corrected chi connectivity index (χ0v) is 11.0. The number of rotatable bonds is 8. The van der Waals surface area contributed by atoms with Crippen molar-refractivity contribution in [2.45, 2.75) is 38.3 Å². The van der Waals surface area contributed by atoms with Crippen molar-refractivity contribution in [2.24, 2.45) is 11.8 Å². The van der Waals surface area contributed by atoms with Gasteiger partial charge in [0.05, 0.1) is 13.0 Å². The average molecular weight is 278 g/mol. The van der Waals surface area contributed by atoms with Crippen LogP contribution in [0.4, 0.5) is 13.2 Å². The summed E-state index contributed by atoms with van der Waals surface area (Å²) in [6.45, 7) is 1.26. The molecule has 2 aliphatic carbocycles. The summed E-state index contributed by atoms with van der Waals surface area (Å²) in [5, 5.41) is 3.05. The van der Waals surface area contributed by atoms with Crippen LogP contribution in [0.2, 0.25) is 0 Å². The van der Waals surface area contributed by atoms with Crippen molar-refractivity contribution in [2.75, 3.05) is 26.2 Å². The first kappa shape index (κ1) is 14.6. The van der Waals surface area contributed by atoms with Gasteiger partial charge in [-0.25, -0.2) is 0 Å². The maximum Gasteiger partial charge on any atom is 0.390 e. The van der Waals surface area contributed by atoms with Crippen LogP contribution in [0.15, 0.2) is 0 Å². The number of nitrogens with zero attached hydrogens (tertiary/aromatic N) is 1. The van der Waals surface area contributed by atoms with Gasteiger partial charge in [-0.3, -0.25) is 4.79 Å². The van der Waals surface area contributed by atoms with Crippen molar-refractivity contribution in [3.05, 3.63) is 0 Å². The topological polar surface area (TPSA) is 32.3 Å². The van der Waals surface area contributed by atoms with E-state index in [1.54, 1.807) is 0 Å². The minimum atomic E-state index is -4.19. The lowest BCUT2D eigenvalue weighted by Gasteiger charge is -2.23. The summed E-state index contributed by atoms with van der Waals surface area (Å²) in [4.78, 5) is 13.3. The molecule has 3 nitrogen and oxygen atoms in total. The molecule has 0 unspecified atom stereocenters. The lowest BCUT2D eigenvalue weighted by atomic mass is 10.3. The molecule has 2 fully saturated rings. The van der Waals surface area contributed by atoms with Gasteiger partial charge in [-0.05, 0) is 44.1 Å². The Morgan fingerprint density at radius 1 is 1.16 bits per heavy atom. The summed E-state index contributed by atoms with van der Waals surface area (Å²) >= 11 is 0. The fourth-order valence-electron chi connectivity index (χ4n) is 2.01. The van der Waals surface area contributed by atoms with Gasteiger partial charge in [0.1, 0.15) is 0 Å². The maximum atomic E-state index is 12.2. The van der Waals surface area contributed by atoms with Gasteiger partial charge >= 0.3 is 6.18 Å². The van der Waals surface area contributed by atoms with Crippen LogP contribution in [0.1, 0.15) is 32.1 Å². The first-order chi connectivity index (χ1) is 8.94. The van der Waals surface area contributed by atoms with Gasteiger partial charge in [-0.2, -0.15) is 13.2 Å².